The van der Waals surface area contributed by atoms with Gasteiger partial charge in [-0.1, -0.05) is 88.4 Å². The molecule has 0 aliphatic carbocycles. The highest BCUT2D eigenvalue weighted by atomic mass is 16.3. The van der Waals surface area contributed by atoms with Crippen LogP contribution in [0.5, 0.6) is 0 Å². The van der Waals surface area contributed by atoms with Crippen molar-refractivity contribution in [3.8, 4) is 0 Å². The quantitative estimate of drug-likeness (QED) is 0.547. The van der Waals surface area contributed by atoms with Gasteiger partial charge in [-0.2, -0.15) is 0 Å². The monoisotopic (exact) mass is 410 g/mol. The van der Waals surface area contributed by atoms with Crippen molar-refractivity contribution < 1.29 is 9.90 Å². The maximum atomic E-state index is 13.1. The maximum Gasteiger partial charge on any atom is 0.227 e. The first-order valence-corrected chi connectivity index (χ1v) is 11.0. The van der Waals surface area contributed by atoms with Crippen molar-refractivity contribution in [3.05, 3.63) is 71.8 Å². The van der Waals surface area contributed by atoms with Gasteiger partial charge in [-0.3, -0.25) is 4.79 Å². The van der Waals surface area contributed by atoms with Crippen LogP contribution in [0.15, 0.2) is 60.7 Å². The van der Waals surface area contributed by atoms with Crippen molar-refractivity contribution in [1.29, 1.82) is 0 Å². The molecule has 0 bridgehead atoms. The number of aliphatic hydroxyl groups excluding tert-OH is 1. The maximum absolute atomic E-state index is 13.1. The zero-order valence-corrected chi connectivity index (χ0v) is 19.1. The Balaban J connectivity index is 2.13. The van der Waals surface area contributed by atoms with Crippen LogP contribution in [0.2, 0.25) is 0 Å². The van der Waals surface area contributed by atoms with Crippen LogP contribution in [0.3, 0.4) is 0 Å². The summed E-state index contributed by atoms with van der Waals surface area (Å²) in [4.78, 5) is 13.1. The van der Waals surface area contributed by atoms with Crippen molar-refractivity contribution >= 4 is 5.91 Å². The van der Waals surface area contributed by atoms with Gasteiger partial charge in [0.05, 0.1) is 18.1 Å². The fourth-order valence-electron chi connectivity index (χ4n) is 3.44. The highest BCUT2D eigenvalue weighted by Crippen LogP contribution is 2.21. The summed E-state index contributed by atoms with van der Waals surface area (Å²) in [5, 5.41) is 17.6. The minimum Gasteiger partial charge on any atom is -0.390 e. The molecule has 30 heavy (non-hydrogen) atoms. The van der Waals surface area contributed by atoms with Crippen molar-refractivity contribution in [3.63, 3.8) is 0 Å². The van der Waals surface area contributed by atoms with Crippen LogP contribution >= 0.6 is 0 Å². The molecular formula is C26H38N2O2. The molecule has 4 nitrogen and oxygen atoms in total. The average molecular weight is 411 g/mol. The lowest BCUT2D eigenvalue weighted by Crippen LogP contribution is -2.52. The van der Waals surface area contributed by atoms with Gasteiger partial charge in [0.15, 0.2) is 0 Å². The Bertz CT molecular complexity index is 756. The number of amides is 1. The molecule has 2 unspecified atom stereocenters. The second kappa shape index (κ2) is 11.3. The highest BCUT2D eigenvalue weighted by molar-refractivity contribution is 5.83. The Morgan fingerprint density at radius 2 is 1.57 bits per heavy atom. The number of nitrogens with one attached hydrogen (secondary N) is 2. The Morgan fingerprint density at radius 3 is 2.10 bits per heavy atom. The second-order valence-electron chi connectivity index (χ2n) is 9.24. The van der Waals surface area contributed by atoms with E-state index in [-0.39, 0.29) is 29.3 Å². The van der Waals surface area contributed by atoms with E-state index >= 15 is 0 Å². The van der Waals surface area contributed by atoms with Gasteiger partial charge < -0.3 is 15.7 Å². The molecule has 0 radical (unpaired) electrons. The molecule has 3 N–H and O–H groups in total. The van der Waals surface area contributed by atoms with E-state index in [0.717, 1.165) is 11.1 Å². The van der Waals surface area contributed by atoms with E-state index in [9.17, 15) is 9.90 Å². The summed E-state index contributed by atoms with van der Waals surface area (Å²) in [6, 6.07) is 19.7. The van der Waals surface area contributed by atoms with Crippen LogP contribution in [0.1, 0.15) is 58.1 Å². The van der Waals surface area contributed by atoms with Gasteiger partial charge in [0.1, 0.15) is 0 Å². The van der Waals surface area contributed by atoms with Crippen LogP contribution in [0.25, 0.3) is 0 Å². The normalized spacial score (nSPS) is 15.8. The van der Waals surface area contributed by atoms with E-state index in [4.69, 9.17) is 0 Å². The van der Waals surface area contributed by atoms with Crippen molar-refractivity contribution in [2.75, 3.05) is 6.54 Å². The molecule has 0 fully saturated rings. The lowest BCUT2D eigenvalue weighted by atomic mass is 9.88. The molecule has 2 rings (SSSR count). The number of carbonyl (C=O) groups excluding carboxylic acids is 1. The number of hydrogen-bond acceptors (Lipinski definition) is 3. The third kappa shape index (κ3) is 7.26. The third-order valence-corrected chi connectivity index (χ3v) is 5.95. The standard InChI is InChI=1S/C26H38N2O2/c1-6-22(21-15-11-8-12-16-21)25(30)28-23(17-20-13-9-7-10-14-20)24(29)18-27-19(2)26(3,4)5/h7-16,19,22-24,27,29H,6,17-18H2,1-5H3,(H,28,30)/t19?,22?,23-,24-/m0/s1. The van der Waals surface area contributed by atoms with Gasteiger partial charge in [0.2, 0.25) is 5.91 Å². The molecule has 0 saturated carbocycles. The van der Waals surface area contributed by atoms with Gasteiger partial charge in [-0.25, -0.2) is 0 Å². The van der Waals surface area contributed by atoms with Crippen molar-refractivity contribution in [2.24, 2.45) is 5.41 Å². The Hall–Kier alpha value is -2.17. The summed E-state index contributed by atoms with van der Waals surface area (Å²) in [6.45, 7) is 11.1. The Labute approximate surface area is 182 Å². The molecular weight excluding hydrogens is 372 g/mol. The number of carbonyl (C=O) groups is 1. The lowest BCUT2D eigenvalue weighted by Gasteiger charge is -2.32. The van der Waals surface area contributed by atoms with Crippen molar-refractivity contribution in [1.82, 2.24) is 10.6 Å². The molecule has 0 aliphatic rings. The van der Waals surface area contributed by atoms with Gasteiger partial charge >= 0.3 is 0 Å². The van der Waals surface area contributed by atoms with Gasteiger partial charge in [-0.15, -0.1) is 0 Å². The first-order chi connectivity index (χ1) is 14.2. The topological polar surface area (TPSA) is 61.4 Å². The summed E-state index contributed by atoms with van der Waals surface area (Å²) in [5.74, 6) is -0.259. The molecule has 0 aliphatic heterocycles. The zero-order valence-electron chi connectivity index (χ0n) is 19.1. The van der Waals surface area contributed by atoms with E-state index in [1.165, 1.54) is 0 Å². The minimum absolute atomic E-state index is 0.0347. The molecule has 0 heterocycles. The van der Waals surface area contributed by atoms with E-state index in [2.05, 4.69) is 38.3 Å². The average Bonchev–Trinajstić information content (AvgIpc) is 2.72. The molecule has 0 aromatic heterocycles. The SMILES string of the molecule is CCC(C(=O)N[C@@H](Cc1ccccc1)[C@@H](O)CNC(C)C(C)(C)C)c1ccccc1. The Morgan fingerprint density at radius 1 is 1.00 bits per heavy atom. The molecule has 2 aromatic carbocycles. The third-order valence-electron chi connectivity index (χ3n) is 5.95. The summed E-state index contributed by atoms with van der Waals surface area (Å²) in [6.07, 6.45) is 0.612. The summed E-state index contributed by atoms with van der Waals surface area (Å²) >= 11 is 0. The predicted molar refractivity (Wildman–Crippen MR) is 124 cm³/mol. The molecule has 4 heteroatoms. The second-order valence-corrected chi connectivity index (χ2v) is 9.24. The number of benzene rings is 2. The van der Waals surface area contributed by atoms with Crippen LogP contribution in [0.4, 0.5) is 0 Å². The fraction of sp³-hybridized carbons (Fsp3) is 0.500. The summed E-state index contributed by atoms with van der Waals surface area (Å²) < 4.78 is 0. The summed E-state index contributed by atoms with van der Waals surface area (Å²) in [7, 11) is 0. The molecule has 0 saturated heterocycles. The molecule has 164 valence electrons. The fourth-order valence-corrected chi connectivity index (χ4v) is 3.44. The molecule has 0 spiro atoms. The van der Waals surface area contributed by atoms with Gasteiger partial charge in [0.25, 0.3) is 0 Å². The van der Waals surface area contributed by atoms with E-state index in [1.807, 2.05) is 67.6 Å². The number of rotatable bonds is 10. The lowest BCUT2D eigenvalue weighted by molar-refractivity contribution is -0.124. The number of aliphatic hydroxyl groups is 1. The smallest absolute Gasteiger partial charge is 0.227 e. The molecule has 1 amide bonds. The minimum atomic E-state index is -0.688. The number of hydrogen-bond donors (Lipinski definition) is 3. The van der Waals surface area contributed by atoms with E-state index in [0.29, 0.717) is 19.4 Å². The van der Waals surface area contributed by atoms with Crippen LogP contribution in [0, 0.1) is 5.41 Å². The predicted octanol–water partition coefficient (Wildman–Crippen LogP) is 4.29. The Kier molecular flexibility index (Phi) is 9.07. The summed E-state index contributed by atoms with van der Waals surface area (Å²) in [5.41, 5.74) is 2.20. The van der Waals surface area contributed by atoms with Crippen molar-refractivity contribution in [2.45, 2.75) is 71.6 Å². The zero-order chi connectivity index (χ0) is 22.1. The van der Waals surface area contributed by atoms with E-state index < -0.39 is 6.10 Å². The molecule has 4 atom stereocenters. The molecule has 2 aromatic rings. The van der Waals surface area contributed by atoms with E-state index in [1.54, 1.807) is 0 Å². The van der Waals surface area contributed by atoms with Crippen LogP contribution < -0.4 is 10.6 Å². The highest BCUT2D eigenvalue weighted by Gasteiger charge is 2.27. The van der Waals surface area contributed by atoms with Crippen LogP contribution in [-0.4, -0.2) is 35.7 Å². The van der Waals surface area contributed by atoms with Gasteiger partial charge in [-0.05, 0) is 36.3 Å². The van der Waals surface area contributed by atoms with Crippen LogP contribution in [-0.2, 0) is 11.2 Å². The largest absolute Gasteiger partial charge is 0.390 e. The first-order valence-electron chi connectivity index (χ1n) is 11.0. The van der Waals surface area contributed by atoms with Gasteiger partial charge in [0, 0.05) is 12.6 Å². The first kappa shape index (κ1) is 24.1.